The lowest BCUT2D eigenvalue weighted by atomic mass is 10.1. The van der Waals surface area contributed by atoms with E-state index in [-0.39, 0.29) is 5.84 Å². The number of hydrogen-bond donors (Lipinski definition) is 2. The van der Waals surface area contributed by atoms with Gasteiger partial charge in [0.15, 0.2) is 5.84 Å². The van der Waals surface area contributed by atoms with Crippen molar-refractivity contribution in [3.05, 3.63) is 58.6 Å². The van der Waals surface area contributed by atoms with Gasteiger partial charge in [0.05, 0.1) is 5.56 Å². The molecule has 0 heterocycles. The van der Waals surface area contributed by atoms with Gasteiger partial charge in [0, 0.05) is 11.1 Å². The SMILES string of the molecule is CCc1cccc(Oc2cc(Cl)ccc2C(N)=NO)c1. The zero-order valence-corrected chi connectivity index (χ0v) is 11.8. The number of aryl methyl sites for hydroxylation is 1. The Balaban J connectivity index is 2.39. The van der Waals surface area contributed by atoms with Gasteiger partial charge >= 0.3 is 0 Å². The van der Waals surface area contributed by atoms with E-state index in [0.29, 0.717) is 22.1 Å². The zero-order valence-electron chi connectivity index (χ0n) is 11.0. The second kappa shape index (κ2) is 6.30. The molecule has 0 bridgehead atoms. The number of nitrogens with two attached hydrogens (primary N) is 1. The summed E-state index contributed by atoms with van der Waals surface area (Å²) in [4.78, 5) is 0. The van der Waals surface area contributed by atoms with Gasteiger partial charge in [0.25, 0.3) is 0 Å². The first-order valence-electron chi connectivity index (χ1n) is 6.18. The predicted molar refractivity (Wildman–Crippen MR) is 79.9 cm³/mol. The number of rotatable bonds is 4. The van der Waals surface area contributed by atoms with Crippen molar-refractivity contribution >= 4 is 17.4 Å². The fraction of sp³-hybridized carbons (Fsp3) is 0.133. The zero-order chi connectivity index (χ0) is 14.5. The van der Waals surface area contributed by atoms with E-state index in [9.17, 15) is 0 Å². The number of halogens is 1. The average molecular weight is 291 g/mol. The molecule has 0 spiro atoms. The van der Waals surface area contributed by atoms with Crippen molar-refractivity contribution in [2.24, 2.45) is 10.9 Å². The van der Waals surface area contributed by atoms with Crippen LogP contribution in [0.25, 0.3) is 0 Å². The van der Waals surface area contributed by atoms with Crippen LogP contribution in [-0.2, 0) is 6.42 Å². The summed E-state index contributed by atoms with van der Waals surface area (Å²) < 4.78 is 5.80. The standard InChI is InChI=1S/C15H15ClN2O2/c1-2-10-4-3-5-12(8-10)20-14-9-11(16)6-7-13(14)15(17)18-19/h3-9,19H,2H2,1H3,(H2,17,18). The Kier molecular flexibility index (Phi) is 4.48. The highest BCUT2D eigenvalue weighted by atomic mass is 35.5. The molecule has 0 aromatic heterocycles. The summed E-state index contributed by atoms with van der Waals surface area (Å²) in [6.07, 6.45) is 0.917. The van der Waals surface area contributed by atoms with E-state index in [4.69, 9.17) is 27.3 Å². The van der Waals surface area contributed by atoms with E-state index in [0.717, 1.165) is 12.0 Å². The minimum absolute atomic E-state index is 0.0247. The van der Waals surface area contributed by atoms with E-state index in [2.05, 4.69) is 12.1 Å². The lowest BCUT2D eigenvalue weighted by Gasteiger charge is -2.11. The minimum Gasteiger partial charge on any atom is -0.457 e. The monoisotopic (exact) mass is 290 g/mol. The Morgan fingerprint density at radius 1 is 1.30 bits per heavy atom. The first-order valence-corrected chi connectivity index (χ1v) is 6.56. The molecule has 104 valence electrons. The third kappa shape index (κ3) is 3.22. The molecule has 0 saturated heterocycles. The van der Waals surface area contributed by atoms with Crippen molar-refractivity contribution in [1.82, 2.24) is 0 Å². The summed E-state index contributed by atoms with van der Waals surface area (Å²) in [7, 11) is 0. The topological polar surface area (TPSA) is 67.8 Å². The molecule has 0 saturated carbocycles. The molecule has 2 aromatic carbocycles. The molecular weight excluding hydrogens is 276 g/mol. The van der Waals surface area contributed by atoms with E-state index in [1.54, 1.807) is 18.2 Å². The Morgan fingerprint density at radius 3 is 2.80 bits per heavy atom. The fourth-order valence-electron chi connectivity index (χ4n) is 1.80. The summed E-state index contributed by atoms with van der Waals surface area (Å²) in [5.41, 5.74) is 7.28. The van der Waals surface area contributed by atoms with E-state index in [1.807, 2.05) is 24.3 Å². The molecule has 0 fully saturated rings. The lowest BCUT2D eigenvalue weighted by Crippen LogP contribution is -2.14. The van der Waals surface area contributed by atoms with Crippen LogP contribution in [0.2, 0.25) is 5.02 Å². The smallest absolute Gasteiger partial charge is 0.173 e. The van der Waals surface area contributed by atoms with Gasteiger partial charge in [-0.1, -0.05) is 35.8 Å². The predicted octanol–water partition coefficient (Wildman–Crippen LogP) is 3.79. The number of nitrogens with zero attached hydrogens (tertiary/aromatic N) is 1. The number of ether oxygens (including phenoxy) is 1. The van der Waals surface area contributed by atoms with Crippen LogP contribution in [0.1, 0.15) is 18.1 Å². The summed E-state index contributed by atoms with van der Waals surface area (Å²) in [5.74, 6) is 1.10. The summed E-state index contributed by atoms with van der Waals surface area (Å²) >= 11 is 5.97. The van der Waals surface area contributed by atoms with Gasteiger partial charge in [0.2, 0.25) is 0 Å². The normalized spacial score (nSPS) is 11.4. The van der Waals surface area contributed by atoms with E-state index in [1.165, 1.54) is 0 Å². The largest absolute Gasteiger partial charge is 0.457 e. The maximum absolute atomic E-state index is 8.80. The summed E-state index contributed by atoms with van der Waals surface area (Å²) in [5, 5.41) is 12.3. The highest BCUT2D eigenvalue weighted by molar-refractivity contribution is 6.30. The van der Waals surface area contributed by atoms with E-state index >= 15 is 0 Å². The van der Waals surface area contributed by atoms with Gasteiger partial charge in [0.1, 0.15) is 11.5 Å². The van der Waals surface area contributed by atoms with Crippen LogP contribution in [0.3, 0.4) is 0 Å². The van der Waals surface area contributed by atoms with Crippen LogP contribution in [0.15, 0.2) is 47.6 Å². The van der Waals surface area contributed by atoms with Crippen molar-refractivity contribution in [1.29, 1.82) is 0 Å². The molecule has 5 heteroatoms. The molecule has 2 rings (SSSR count). The Hall–Kier alpha value is -2.20. The molecular formula is C15H15ClN2O2. The molecule has 0 amide bonds. The van der Waals surface area contributed by atoms with Crippen molar-refractivity contribution in [2.45, 2.75) is 13.3 Å². The van der Waals surface area contributed by atoms with Crippen molar-refractivity contribution in [3.8, 4) is 11.5 Å². The van der Waals surface area contributed by atoms with Crippen molar-refractivity contribution in [3.63, 3.8) is 0 Å². The molecule has 2 aromatic rings. The van der Waals surface area contributed by atoms with E-state index < -0.39 is 0 Å². The number of oxime groups is 1. The molecule has 0 aliphatic rings. The Morgan fingerprint density at radius 2 is 2.10 bits per heavy atom. The number of hydrogen-bond acceptors (Lipinski definition) is 3. The summed E-state index contributed by atoms with van der Waals surface area (Å²) in [6, 6.07) is 12.7. The van der Waals surface area contributed by atoms with Crippen molar-refractivity contribution < 1.29 is 9.94 Å². The van der Waals surface area contributed by atoms with Crippen LogP contribution in [0, 0.1) is 0 Å². The molecule has 0 atom stereocenters. The van der Waals surface area contributed by atoms with Gasteiger partial charge in [-0.2, -0.15) is 0 Å². The second-order valence-electron chi connectivity index (χ2n) is 4.23. The first kappa shape index (κ1) is 14.2. The maximum atomic E-state index is 8.80. The highest BCUT2D eigenvalue weighted by Gasteiger charge is 2.10. The van der Waals surface area contributed by atoms with Crippen LogP contribution in [0.5, 0.6) is 11.5 Å². The van der Waals surface area contributed by atoms with Crippen molar-refractivity contribution in [2.75, 3.05) is 0 Å². The van der Waals surface area contributed by atoms with Crippen LogP contribution < -0.4 is 10.5 Å². The number of benzene rings is 2. The third-order valence-electron chi connectivity index (χ3n) is 2.86. The first-order chi connectivity index (χ1) is 9.63. The molecule has 0 aliphatic heterocycles. The number of amidine groups is 1. The van der Waals surface area contributed by atoms with Gasteiger partial charge in [-0.15, -0.1) is 0 Å². The molecule has 0 unspecified atom stereocenters. The minimum atomic E-state index is -0.0247. The van der Waals surface area contributed by atoms with Crippen LogP contribution in [0.4, 0.5) is 0 Å². The van der Waals surface area contributed by atoms with Gasteiger partial charge in [-0.3, -0.25) is 0 Å². The van der Waals surface area contributed by atoms with Crippen LogP contribution in [-0.4, -0.2) is 11.0 Å². The summed E-state index contributed by atoms with van der Waals surface area (Å²) in [6.45, 7) is 2.07. The molecule has 3 N–H and O–H groups in total. The van der Waals surface area contributed by atoms with Gasteiger partial charge < -0.3 is 15.7 Å². The molecule has 4 nitrogen and oxygen atoms in total. The molecule has 20 heavy (non-hydrogen) atoms. The fourth-order valence-corrected chi connectivity index (χ4v) is 1.96. The van der Waals surface area contributed by atoms with Gasteiger partial charge in [-0.25, -0.2) is 0 Å². The van der Waals surface area contributed by atoms with Crippen LogP contribution >= 0.6 is 11.6 Å². The van der Waals surface area contributed by atoms with Gasteiger partial charge in [-0.05, 0) is 36.2 Å². The molecule has 0 aliphatic carbocycles. The average Bonchev–Trinajstić information content (AvgIpc) is 2.47. The Bertz CT molecular complexity index is 642. The second-order valence-corrected chi connectivity index (χ2v) is 4.67. The lowest BCUT2D eigenvalue weighted by molar-refractivity contribution is 0.318. The maximum Gasteiger partial charge on any atom is 0.173 e. The molecule has 0 radical (unpaired) electrons. The quantitative estimate of drug-likeness (QED) is 0.389. The highest BCUT2D eigenvalue weighted by Crippen LogP contribution is 2.29. The Labute approximate surface area is 122 Å². The third-order valence-corrected chi connectivity index (χ3v) is 3.10.